The molecular weight excluding hydrogens is 476 g/mol. The minimum absolute atomic E-state index is 0.0507. The van der Waals surface area contributed by atoms with Crippen LogP contribution in [0.5, 0.6) is 11.5 Å². The van der Waals surface area contributed by atoms with Crippen molar-refractivity contribution in [2.45, 2.75) is 26.3 Å². The number of fused-ring (bicyclic) bond motifs is 1. The first-order valence-electron chi connectivity index (χ1n) is 12.7. The largest absolute Gasteiger partial charge is 0.454 e. The van der Waals surface area contributed by atoms with E-state index in [1.807, 2.05) is 73.7 Å². The summed E-state index contributed by atoms with van der Waals surface area (Å²) in [7, 11) is 0. The fourth-order valence-electron chi connectivity index (χ4n) is 4.41. The van der Waals surface area contributed by atoms with E-state index in [-0.39, 0.29) is 25.0 Å². The maximum atomic E-state index is 13.8. The second-order valence-corrected chi connectivity index (χ2v) is 9.38. The van der Waals surface area contributed by atoms with Gasteiger partial charge in [-0.1, -0.05) is 72.3 Å². The maximum absolute atomic E-state index is 13.8. The molecule has 0 saturated heterocycles. The zero-order valence-corrected chi connectivity index (χ0v) is 21.4. The van der Waals surface area contributed by atoms with Crippen LogP contribution in [0.4, 0.5) is 5.69 Å². The highest BCUT2D eigenvalue weighted by Gasteiger charge is 2.22. The van der Waals surface area contributed by atoms with Crippen molar-refractivity contribution in [2.75, 3.05) is 18.2 Å². The molecule has 4 aromatic carbocycles. The van der Waals surface area contributed by atoms with Crippen LogP contribution < -0.4 is 19.7 Å². The smallest absolute Gasteiger partial charge is 0.258 e. The molecule has 1 heterocycles. The molecule has 0 spiro atoms. The van der Waals surface area contributed by atoms with Gasteiger partial charge in [-0.15, -0.1) is 0 Å². The van der Waals surface area contributed by atoms with Crippen LogP contribution in [-0.2, 0) is 24.2 Å². The fraction of sp³-hybridized carbons (Fsp3) is 0.188. The normalized spacial score (nSPS) is 11.7. The third-order valence-corrected chi connectivity index (χ3v) is 6.49. The molecule has 4 aromatic rings. The van der Waals surface area contributed by atoms with Crippen LogP contribution in [0.15, 0.2) is 97.1 Å². The Morgan fingerprint density at radius 1 is 0.789 bits per heavy atom. The predicted molar refractivity (Wildman–Crippen MR) is 148 cm³/mol. The molecule has 1 N–H and O–H groups in total. The summed E-state index contributed by atoms with van der Waals surface area (Å²) in [5, 5.41) is 3.00. The van der Waals surface area contributed by atoms with E-state index in [4.69, 9.17) is 9.47 Å². The highest BCUT2D eigenvalue weighted by molar-refractivity contribution is 6.06. The first-order chi connectivity index (χ1) is 18.5. The summed E-state index contributed by atoms with van der Waals surface area (Å²) in [5.41, 5.74) is 5.42. The number of aryl methyl sites for hydroxylation is 1. The van der Waals surface area contributed by atoms with Gasteiger partial charge in [0.25, 0.3) is 5.91 Å². The summed E-state index contributed by atoms with van der Waals surface area (Å²) < 4.78 is 10.9. The molecule has 0 aliphatic carbocycles. The lowest BCUT2D eigenvalue weighted by atomic mass is 10.1. The van der Waals surface area contributed by atoms with Gasteiger partial charge in [-0.05, 0) is 60.4 Å². The van der Waals surface area contributed by atoms with Crippen LogP contribution in [0.2, 0.25) is 0 Å². The topological polar surface area (TPSA) is 67.9 Å². The van der Waals surface area contributed by atoms with Gasteiger partial charge in [0.15, 0.2) is 11.5 Å². The predicted octanol–water partition coefficient (Wildman–Crippen LogP) is 5.47. The summed E-state index contributed by atoms with van der Waals surface area (Å²) in [5.74, 6) is 0.984. The average molecular weight is 507 g/mol. The van der Waals surface area contributed by atoms with Crippen molar-refractivity contribution >= 4 is 17.5 Å². The summed E-state index contributed by atoms with van der Waals surface area (Å²) >= 11 is 0. The van der Waals surface area contributed by atoms with Crippen LogP contribution in [0.1, 0.15) is 32.6 Å². The zero-order valence-electron chi connectivity index (χ0n) is 21.4. The average Bonchev–Trinajstić information content (AvgIpc) is 3.41. The number of hydrogen-bond donors (Lipinski definition) is 1. The molecule has 0 saturated carbocycles. The molecular formula is C32H30N2O4. The molecule has 6 heteroatoms. The third-order valence-electron chi connectivity index (χ3n) is 6.49. The number of hydrogen-bond acceptors (Lipinski definition) is 4. The number of nitrogens with zero attached hydrogens (tertiary/aromatic N) is 1. The van der Waals surface area contributed by atoms with Gasteiger partial charge in [0.05, 0.1) is 13.0 Å². The number of amides is 2. The van der Waals surface area contributed by atoms with Crippen molar-refractivity contribution in [1.29, 1.82) is 0 Å². The molecule has 0 unspecified atom stereocenters. The molecule has 0 radical (unpaired) electrons. The van der Waals surface area contributed by atoms with Gasteiger partial charge in [0, 0.05) is 17.8 Å². The molecule has 1 aliphatic heterocycles. The quantitative estimate of drug-likeness (QED) is 0.327. The minimum Gasteiger partial charge on any atom is -0.454 e. The van der Waals surface area contributed by atoms with E-state index in [1.165, 1.54) is 5.56 Å². The van der Waals surface area contributed by atoms with Gasteiger partial charge in [-0.3, -0.25) is 9.59 Å². The van der Waals surface area contributed by atoms with Crippen molar-refractivity contribution in [3.63, 3.8) is 0 Å². The Morgan fingerprint density at radius 3 is 2.37 bits per heavy atom. The number of carbonyl (C=O) groups excluding carboxylic acids is 2. The van der Waals surface area contributed by atoms with Crippen molar-refractivity contribution in [1.82, 2.24) is 5.32 Å². The van der Waals surface area contributed by atoms with Crippen molar-refractivity contribution in [3.05, 3.63) is 125 Å². The summed E-state index contributed by atoms with van der Waals surface area (Å²) in [6.45, 7) is 3.15. The van der Waals surface area contributed by atoms with E-state index >= 15 is 0 Å². The van der Waals surface area contributed by atoms with Gasteiger partial charge in [-0.25, -0.2) is 0 Å². The Bertz CT molecular complexity index is 1420. The zero-order chi connectivity index (χ0) is 26.3. The maximum Gasteiger partial charge on any atom is 0.258 e. The van der Waals surface area contributed by atoms with Gasteiger partial charge < -0.3 is 19.7 Å². The number of ether oxygens (including phenoxy) is 2. The Labute approximate surface area is 222 Å². The molecule has 0 bridgehead atoms. The highest BCUT2D eigenvalue weighted by atomic mass is 16.7. The van der Waals surface area contributed by atoms with Crippen LogP contribution in [0, 0.1) is 6.92 Å². The SMILES string of the molecule is Cc1ccc(CN(C(=O)c2ccc3c(c2)OCO3)c2cccc(CC(=O)NCCc3ccccc3)c2)cc1. The second-order valence-electron chi connectivity index (χ2n) is 9.38. The lowest BCUT2D eigenvalue weighted by Crippen LogP contribution is -2.31. The van der Waals surface area contributed by atoms with Gasteiger partial charge >= 0.3 is 0 Å². The highest BCUT2D eigenvalue weighted by Crippen LogP contribution is 2.33. The first kappa shape index (κ1) is 25.1. The lowest BCUT2D eigenvalue weighted by Gasteiger charge is -2.24. The first-order valence-corrected chi connectivity index (χ1v) is 12.7. The standard InChI is InChI=1S/C32H30N2O4/c1-23-10-12-25(13-11-23)21-34(32(36)27-14-15-29-30(20-27)38-22-37-29)28-9-5-8-26(18-28)19-31(35)33-17-16-24-6-3-2-4-7-24/h2-15,18,20H,16-17,19,21-22H2,1H3,(H,33,35). The fourth-order valence-corrected chi connectivity index (χ4v) is 4.41. The van der Waals surface area contributed by atoms with Gasteiger partial charge in [0.2, 0.25) is 12.7 Å². The number of benzene rings is 4. The number of anilines is 1. The molecule has 1 aliphatic rings. The summed E-state index contributed by atoms with van der Waals surface area (Å²) in [6, 6.07) is 31.0. The number of nitrogens with one attached hydrogen (secondary N) is 1. The lowest BCUT2D eigenvalue weighted by molar-refractivity contribution is -0.120. The van der Waals surface area contributed by atoms with E-state index in [0.717, 1.165) is 28.8 Å². The minimum atomic E-state index is -0.159. The molecule has 0 aromatic heterocycles. The Kier molecular flexibility index (Phi) is 7.69. The molecule has 5 rings (SSSR count). The summed E-state index contributed by atoms with van der Waals surface area (Å²) in [6.07, 6.45) is 1.01. The molecule has 0 fully saturated rings. The van der Waals surface area contributed by atoms with Gasteiger partial charge in [0.1, 0.15) is 0 Å². The summed E-state index contributed by atoms with van der Waals surface area (Å²) in [4.78, 5) is 28.2. The molecule has 2 amide bonds. The van der Waals surface area contributed by atoms with E-state index in [2.05, 4.69) is 17.4 Å². The van der Waals surface area contributed by atoms with Gasteiger partial charge in [-0.2, -0.15) is 0 Å². The third kappa shape index (κ3) is 6.21. The molecule has 6 nitrogen and oxygen atoms in total. The monoisotopic (exact) mass is 506 g/mol. The van der Waals surface area contributed by atoms with Crippen LogP contribution in [0.25, 0.3) is 0 Å². The molecule has 0 atom stereocenters. The van der Waals surface area contributed by atoms with E-state index < -0.39 is 0 Å². The molecule has 38 heavy (non-hydrogen) atoms. The van der Waals surface area contributed by atoms with Crippen LogP contribution in [-0.4, -0.2) is 25.2 Å². The number of carbonyl (C=O) groups is 2. The molecule has 192 valence electrons. The Hall–Kier alpha value is -4.58. The van der Waals surface area contributed by atoms with E-state index in [0.29, 0.717) is 30.2 Å². The number of rotatable bonds is 9. The van der Waals surface area contributed by atoms with Crippen molar-refractivity contribution in [2.24, 2.45) is 0 Å². The van der Waals surface area contributed by atoms with Crippen LogP contribution >= 0.6 is 0 Å². The van der Waals surface area contributed by atoms with Crippen molar-refractivity contribution in [3.8, 4) is 11.5 Å². The second kappa shape index (κ2) is 11.6. The van der Waals surface area contributed by atoms with E-state index in [9.17, 15) is 9.59 Å². The van der Waals surface area contributed by atoms with Crippen LogP contribution in [0.3, 0.4) is 0 Å². The Balaban J connectivity index is 1.33. The Morgan fingerprint density at radius 2 is 1.55 bits per heavy atom. The van der Waals surface area contributed by atoms with Crippen molar-refractivity contribution < 1.29 is 19.1 Å². The van der Waals surface area contributed by atoms with E-state index in [1.54, 1.807) is 23.1 Å².